The van der Waals surface area contributed by atoms with Gasteiger partial charge in [-0.05, 0) is 24.6 Å². The molecule has 1 heterocycles. The van der Waals surface area contributed by atoms with Gasteiger partial charge in [0.2, 0.25) is 5.91 Å². The summed E-state index contributed by atoms with van der Waals surface area (Å²) >= 11 is 0. The van der Waals surface area contributed by atoms with Crippen LogP contribution in [0.4, 0.5) is 5.69 Å². The molecule has 1 aromatic carbocycles. The Morgan fingerprint density at radius 2 is 2.16 bits per heavy atom. The quantitative estimate of drug-likeness (QED) is 0.853. The van der Waals surface area contributed by atoms with Gasteiger partial charge in [0.05, 0.1) is 0 Å². The van der Waals surface area contributed by atoms with Gasteiger partial charge in [-0.3, -0.25) is 9.59 Å². The lowest BCUT2D eigenvalue weighted by Crippen LogP contribution is -2.36. The summed E-state index contributed by atoms with van der Waals surface area (Å²) in [5.74, 6) is -1.77. The van der Waals surface area contributed by atoms with Crippen molar-refractivity contribution in [2.45, 2.75) is 19.3 Å². The fourth-order valence-corrected chi connectivity index (χ4v) is 2.47. The zero-order chi connectivity index (χ0) is 14.0. The van der Waals surface area contributed by atoms with Crippen LogP contribution in [0.3, 0.4) is 0 Å². The molecule has 1 aliphatic rings. The van der Waals surface area contributed by atoms with E-state index < -0.39 is 11.9 Å². The number of para-hydroxylation sites is 1. The number of nitrogens with two attached hydrogens (primary N) is 1. The van der Waals surface area contributed by atoms with Gasteiger partial charge >= 0.3 is 5.97 Å². The minimum Gasteiger partial charge on any atom is -0.481 e. The minimum atomic E-state index is -0.894. The molecule has 1 aromatic rings. The molecule has 102 valence electrons. The zero-order valence-electron chi connectivity index (χ0n) is 10.9. The molecule has 0 radical (unpaired) electrons. The number of hydrogen-bond acceptors (Lipinski definition) is 3. The lowest BCUT2D eigenvalue weighted by atomic mass is 10.0. The maximum atomic E-state index is 12.3. The SMILES string of the molecule is CC(CCN)C(=O)N1CC(C(=O)O)c2ccccc21. The van der Waals surface area contributed by atoms with Gasteiger partial charge in [0.25, 0.3) is 0 Å². The first-order valence-electron chi connectivity index (χ1n) is 6.39. The molecule has 0 fully saturated rings. The van der Waals surface area contributed by atoms with Gasteiger partial charge in [0.1, 0.15) is 5.92 Å². The van der Waals surface area contributed by atoms with Gasteiger partial charge in [0.15, 0.2) is 0 Å². The predicted octanol–water partition coefficient (Wildman–Crippen LogP) is 1.19. The molecule has 0 aliphatic carbocycles. The number of carboxylic acids is 1. The number of amides is 1. The van der Waals surface area contributed by atoms with Crippen LogP contribution in [0.2, 0.25) is 0 Å². The van der Waals surface area contributed by atoms with E-state index in [4.69, 9.17) is 5.73 Å². The standard InChI is InChI=1S/C14H18N2O3/c1-9(6-7-15)13(17)16-8-11(14(18)19)10-4-2-3-5-12(10)16/h2-5,9,11H,6-8,15H2,1H3,(H,18,19). The number of benzene rings is 1. The molecule has 0 bridgehead atoms. The Bertz CT molecular complexity index is 501. The molecule has 0 saturated heterocycles. The molecule has 1 aliphatic heterocycles. The molecule has 5 nitrogen and oxygen atoms in total. The average molecular weight is 262 g/mol. The van der Waals surface area contributed by atoms with E-state index >= 15 is 0 Å². The van der Waals surface area contributed by atoms with E-state index in [0.717, 1.165) is 0 Å². The number of anilines is 1. The van der Waals surface area contributed by atoms with Crippen molar-refractivity contribution in [3.05, 3.63) is 29.8 Å². The van der Waals surface area contributed by atoms with Gasteiger partial charge in [0, 0.05) is 18.2 Å². The molecule has 1 amide bonds. The zero-order valence-corrected chi connectivity index (χ0v) is 10.9. The number of carbonyl (C=O) groups excluding carboxylic acids is 1. The van der Waals surface area contributed by atoms with Gasteiger partial charge in [-0.2, -0.15) is 0 Å². The molecule has 2 atom stereocenters. The summed E-state index contributed by atoms with van der Waals surface area (Å²) in [5, 5.41) is 9.24. The third-order valence-electron chi connectivity index (χ3n) is 3.55. The van der Waals surface area contributed by atoms with Gasteiger partial charge in [-0.15, -0.1) is 0 Å². The first-order chi connectivity index (χ1) is 9.06. The molecule has 19 heavy (non-hydrogen) atoms. The molecule has 0 spiro atoms. The van der Waals surface area contributed by atoms with Gasteiger partial charge in [-0.1, -0.05) is 25.1 Å². The number of nitrogens with zero attached hydrogens (tertiary/aromatic N) is 1. The van der Waals surface area contributed by atoms with Crippen molar-refractivity contribution in [1.82, 2.24) is 0 Å². The van der Waals surface area contributed by atoms with Crippen molar-refractivity contribution in [2.75, 3.05) is 18.0 Å². The van der Waals surface area contributed by atoms with Crippen LogP contribution in [0, 0.1) is 5.92 Å². The predicted molar refractivity (Wildman–Crippen MR) is 72.0 cm³/mol. The van der Waals surface area contributed by atoms with Gasteiger partial charge < -0.3 is 15.7 Å². The van der Waals surface area contributed by atoms with Crippen molar-refractivity contribution in [2.24, 2.45) is 11.7 Å². The summed E-state index contributed by atoms with van der Waals surface area (Å²) < 4.78 is 0. The van der Waals surface area contributed by atoms with E-state index in [-0.39, 0.29) is 18.4 Å². The first kappa shape index (κ1) is 13.5. The molecular formula is C14H18N2O3. The smallest absolute Gasteiger partial charge is 0.312 e. The molecule has 5 heteroatoms. The number of aliphatic carboxylic acids is 1. The number of hydrogen-bond donors (Lipinski definition) is 2. The Labute approximate surface area is 112 Å². The van der Waals surface area contributed by atoms with E-state index in [1.54, 1.807) is 23.1 Å². The Kier molecular flexibility index (Phi) is 3.85. The van der Waals surface area contributed by atoms with Crippen LogP contribution >= 0.6 is 0 Å². The normalized spacial score (nSPS) is 19.1. The lowest BCUT2D eigenvalue weighted by Gasteiger charge is -2.21. The largest absolute Gasteiger partial charge is 0.481 e. The van der Waals surface area contributed by atoms with E-state index in [0.29, 0.717) is 24.2 Å². The summed E-state index contributed by atoms with van der Waals surface area (Å²) in [5.41, 5.74) is 6.89. The van der Waals surface area contributed by atoms with Crippen LogP contribution in [0.15, 0.2) is 24.3 Å². The maximum Gasteiger partial charge on any atom is 0.312 e. The van der Waals surface area contributed by atoms with Crippen molar-refractivity contribution in [1.29, 1.82) is 0 Å². The summed E-state index contributed by atoms with van der Waals surface area (Å²) in [4.78, 5) is 25.2. The summed E-state index contributed by atoms with van der Waals surface area (Å²) in [7, 11) is 0. The minimum absolute atomic E-state index is 0.0540. The fraction of sp³-hybridized carbons (Fsp3) is 0.429. The second-order valence-electron chi connectivity index (χ2n) is 4.88. The Morgan fingerprint density at radius 3 is 2.79 bits per heavy atom. The van der Waals surface area contributed by atoms with Crippen LogP contribution in [0.5, 0.6) is 0 Å². The van der Waals surface area contributed by atoms with Crippen LogP contribution in [-0.4, -0.2) is 30.1 Å². The third kappa shape index (κ3) is 2.46. The average Bonchev–Trinajstić information content (AvgIpc) is 2.78. The van der Waals surface area contributed by atoms with E-state index in [2.05, 4.69) is 0 Å². The molecule has 2 rings (SSSR count). The van der Waals surface area contributed by atoms with Crippen molar-refractivity contribution in [3.8, 4) is 0 Å². The number of carboxylic acid groups (broad SMARTS) is 1. The summed E-state index contributed by atoms with van der Waals surface area (Å²) in [6.45, 7) is 2.49. The molecule has 0 aromatic heterocycles. The second-order valence-corrected chi connectivity index (χ2v) is 4.88. The molecule has 3 N–H and O–H groups in total. The Morgan fingerprint density at radius 1 is 1.47 bits per heavy atom. The second kappa shape index (κ2) is 5.40. The summed E-state index contributed by atoms with van der Waals surface area (Å²) in [6.07, 6.45) is 0.606. The number of carbonyl (C=O) groups is 2. The van der Waals surface area contributed by atoms with Gasteiger partial charge in [-0.25, -0.2) is 0 Å². The van der Waals surface area contributed by atoms with E-state index in [9.17, 15) is 14.7 Å². The maximum absolute atomic E-state index is 12.3. The molecular weight excluding hydrogens is 244 g/mol. The molecule has 2 unspecified atom stereocenters. The van der Waals surface area contributed by atoms with Crippen molar-refractivity contribution >= 4 is 17.6 Å². The number of rotatable bonds is 4. The van der Waals surface area contributed by atoms with Crippen molar-refractivity contribution < 1.29 is 14.7 Å². The highest BCUT2D eigenvalue weighted by Crippen LogP contribution is 2.37. The van der Waals surface area contributed by atoms with Crippen LogP contribution in [0.1, 0.15) is 24.8 Å². The summed E-state index contributed by atoms with van der Waals surface area (Å²) in [6, 6.07) is 7.18. The van der Waals surface area contributed by atoms with Crippen LogP contribution in [0.25, 0.3) is 0 Å². The third-order valence-corrected chi connectivity index (χ3v) is 3.55. The highest BCUT2D eigenvalue weighted by Gasteiger charge is 2.37. The highest BCUT2D eigenvalue weighted by molar-refractivity contribution is 5.99. The Balaban J connectivity index is 2.30. The van der Waals surface area contributed by atoms with Crippen molar-refractivity contribution in [3.63, 3.8) is 0 Å². The van der Waals surface area contributed by atoms with E-state index in [1.165, 1.54) is 0 Å². The fourth-order valence-electron chi connectivity index (χ4n) is 2.47. The first-order valence-corrected chi connectivity index (χ1v) is 6.39. The van der Waals surface area contributed by atoms with E-state index in [1.807, 2.05) is 13.0 Å². The topological polar surface area (TPSA) is 83.6 Å². The highest BCUT2D eigenvalue weighted by atomic mass is 16.4. The van der Waals surface area contributed by atoms with Crippen LogP contribution in [-0.2, 0) is 9.59 Å². The number of fused-ring (bicyclic) bond motifs is 1. The van der Waals surface area contributed by atoms with Crippen LogP contribution < -0.4 is 10.6 Å². The molecule has 0 saturated carbocycles. The lowest BCUT2D eigenvalue weighted by molar-refractivity contribution is -0.138. The Hall–Kier alpha value is -1.88. The monoisotopic (exact) mass is 262 g/mol.